The minimum absolute atomic E-state index is 0.500. The van der Waals surface area contributed by atoms with E-state index in [0.717, 1.165) is 29.7 Å². The highest BCUT2D eigenvalue weighted by molar-refractivity contribution is 5.24. The van der Waals surface area contributed by atoms with E-state index in [2.05, 4.69) is 43.4 Å². The lowest BCUT2D eigenvalue weighted by molar-refractivity contribution is 0.200. The average molecular weight is 269 g/mol. The van der Waals surface area contributed by atoms with E-state index in [1.807, 2.05) is 0 Å². The third kappa shape index (κ3) is 2.02. The van der Waals surface area contributed by atoms with Gasteiger partial charge in [-0.3, -0.25) is 0 Å². The molecule has 1 aromatic rings. The van der Waals surface area contributed by atoms with Crippen LogP contribution in [0.1, 0.15) is 56.2 Å². The molecule has 1 N–H and O–H groups in total. The number of benzene rings is 1. The summed E-state index contributed by atoms with van der Waals surface area (Å²) in [6.07, 6.45) is 7.52. The van der Waals surface area contributed by atoms with Gasteiger partial charge in [-0.25, -0.2) is 0 Å². The van der Waals surface area contributed by atoms with Gasteiger partial charge in [0.2, 0.25) is 0 Å². The van der Waals surface area contributed by atoms with Crippen molar-refractivity contribution in [1.29, 1.82) is 0 Å². The van der Waals surface area contributed by atoms with Gasteiger partial charge in [0.05, 0.1) is 0 Å². The second-order valence-electron chi connectivity index (χ2n) is 7.56. The Morgan fingerprint density at radius 1 is 1.00 bits per heavy atom. The summed E-state index contributed by atoms with van der Waals surface area (Å²) in [4.78, 5) is 0. The molecule has 4 rings (SSSR count). The topological polar surface area (TPSA) is 12.0 Å². The first kappa shape index (κ1) is 12.9. The molecule has 3 aliphatic carbocycles. The van der Waals surface area contributed by atoms with E-state index in [1.54, 1.807) is 0 Å². The van der Waals surface area contributed by atoms with E-state index in [-0.39, 0.29) is 0 Å². The van der Waals surface area contributed by atoms with Crippen LogP contribution in [0.3, 0.4) is 0 Å². The normalized spacial score (nSPS) is 40.0. The predicted molar refractivity (Wildman–Crippen MR) is 83.6 cm³/mol. The first-order valence-electron chi connectivity index (χ1n) is 8.55. The van der Waals surface area contributed by atoms with Crippen molar-refractivity contribution < 1.29 is 0 Å². The van der Waals surface area contributed by atoms with Crippen LogP contribution in [-0.4, -0.2) is 6.04 Å². The third-order valence-corrected chi connectivity index (χ3v) is 6.47. The molecule has 2 bridgehead atoms. The molecular formula is C19H27N. The van der Waals surface area contributed by atoms with Gasteiger partial charge in [0.1, 0.15) is 0 Å². The molecule has 0 saturated heterocycles. The van der Waals surface area contributed by atoms with E-state index < -0.39 is 0 Å². The molecule has 5 unspecified atom stereocenters. The van der Waals surface area contributed by atoms with E-state index in [0.29, 0.717) is 6.04 Å². The number of nitrogens with one attached hydrogen (secondary N) is 1. The fourth-order valence-electron chi connectivity index (χ4n) is 5.53. The molecule has 1 nitrogen and oxygen atoms in total. The molecule has 1 aromatic carbocycles. The maximum absolute atomic E-state index is 3.96. The van der Waals surface area contributed by atoms with Crippen molar-refractivity contribution in [3.8, 4) is 0 Å². The number of hydrogen-bond donors (Lipinski definition) is 1. The Balaban J connectivity index is 1.44. The van der Waals surface area contributed by atoms with Gasteiger partial charge in [0, 0.05) is 12.1 Å². The number of fused-ring (bicyclic) bond motifs is 5. The minimum Gasteiger partial charge on any atom is -0.307 e. The van der Waals surface area contributed by atoms with Crippen molar-refractivity contribution in [1.82, 2.24) is 5.32 Å². The maximum atomic E-state index is 3.96. The maximum Gasteiger partial charge on any atom is 0.0294 e. The molecule has 0 amide bonds. The van der Waals surface area contributed by atoms with Gasteiger partial charge in [-0.15, -0.1) is 0 Å². The Labute approximate surface area is 123 Å². The summed E-state index contributed by atoms with van der Waals surface area (Å²) in [5, 5.41) is 3.96. The van der Waals surface area contributed by atoms with E-state index in [1.165, 1.54) is 43.2 Å². The van der Waals surface area contributed by atoms with Crippen LogP contribution in [0.15, 0.2) is 24.3 Å². The molecule has 6 atom stereocenters. The molecule has 3 saturated carbocycles. The summed E-state index contributed by atoms with van der Waals surface area (Å²) in [6.45, 7) is 4.50. The molecule has 0 radical (unpaired) electrons. The molecule has 3 fully saturated rings. The van der Waals surface area contributed by atoms with Gasteiger partial charge in [0.25, 0.3) is 0 Å². The van der Waals surface area contributed by atoms with Gasteiger partial charge in [-0.2, -0.15) is 0 Å². The van der Waals surface area contributed by atoms with Crippen LogP contribution in [0.25, 0.3) is 0 Å². The highest BCUT2D eigenvalue weighted by atomic mass is 15.0. The van der Waals surface area contributed by atoms with Crippen LogP contribution in [0.5, 0.6) is 0 Å². The number of rotatable bonds is 3. The standard InChI is InChI=1S/C19H27N/c1-12-6-8-14(9-7-12)13(2)20-19-11-15-10-18(19)17-5-3-4-16(15)17/h6-9,13,15-20H,3-5,10-11H2,1-2H3/t13-,15?,16?,17?,18?,19?/m0/s1. The number of hydrogen-bond acceptors (Lipinski definition) is 1. The average Bonchev–Trinajstić information content (AvgIpc) is 3.11. The SMILES string of the molecule is Cc1ccc([C@H](C)NC2CC3CC2C2CCCC32)cc1. The van der Waals surface area contributed by atoms with Gasteiger partial charge >= 0.3 is 0 Å². The summed E-state index contributed by atoms with van der Waals surface area (Å²) in [6, 6.07) is 10.3. The molecule has 20 heavy (non-hydrogen) atoms. The van der Waals surface area contributed by atoms with Crippen LogP contribution in [0.2, 0.25) is 0 Å². The van der Waals surface area contributed by atoms with Crippen LogP contribution in [0.4, 0.5) is 0 Å². The summed E-state index contributed by atoms with van der Waals surface area (Å²) < 4.78 is 0. The summed E-state index contributed by atoms with van der Waals surface area (Å²) in [5.41, 5.74) is 2.80. The lowest BCUT2D eigenvalue weighted by Crippen LogP contribution is -2.40. The Bertz CT molecular complexity index is 477. The Kier molecular flexibility index (Phi) is 3.14. The van der Waals surface area contributed by atoms with Gasteiger partial charge in [-0.1, -0.05) is 36.2 Å². The van der Waals surface area contributed by atoms with Crippen molar-refractivity contribution in [2.24, 2.45) is 23.7 Å². The zero-order valence-electron chi connectivity index (χ0n) is 12.8. The van der Waals surface area contributed by atoms with E-state index >= 15 is 0 Å². The fraction of sp³-hybridized carbons (Fsp3) is 0.684. The van der Waals surface area contributed by atoms with Crippen molar-refractivity contribution in [2.45, 2.75) is 58.0 Å². The smallest absolute Gasteiger partial charge is 0.0294 e. The molecule has 0 spiro atoms. The minimum atomic E-state index is 0.500. The Morgan fingerprint density at radius 2 is 1.75 bits per heavy atom. The van der Waals surface area contributed by atoms with E-state index in [4.69, 9.17) is 0 Å². The zero-order chi connectivity index (χ0) is 13.7. The lowest BCUT2D eigenvalue weighted by atomic mass is 9.79. The summed E-state index contributed by atoms with van der Waals surface area (Å²) in [5.74, 6) is 4.21. The molecule has 0 heterocycles. The first-order chi connectivity index (χ1) is 9.72. The second kappa shape index (κ2) is 4.87. The molecule has 0 aliphatic heterocycles. The van der Waals surface area contributed by atoms with Crippen molar-refractivity contribution in [3.63, 3.8) is 0 Å². The predicted octanol–water partition coefficient (Wildman–Crippen LogP) is 4.47. The monoisotopic (exact) mass is 269 g/mol. The third-order valence-electron chi connectivity index (χ3n) is 6.47. The summed E-state index contributed by atoms with van der Waals surface area (Å²) in [7, 11) is 0. The highest BCUT2D eigenvalue weighted by Gasteiger charge is 2.53. The Hall–Kier alpha value is -0.820. The Morgan fingerprint density at radius 3 is 2.55 bits per heavy atom. The second-order valence-corrected chi connectivity index (χ2v) is 7.56. The van der Waals surface area contributed by atoms with Gasteiger partial charge in [-0.05, 0) is 68.8 Å². The van der Waals surface area contributed by atoms with Gasteiger partial charge < -0.3 is 5.32 Å². The van der Waals surface area contributed by atoms with Crippen molar-refractivity contribution in [3.05, 3.63) is 35.4 Å². The zero-order valence-corrected chi connectivity index (χ0v) is 12.8. The van der Waals surface area contributed by atoms with Crippen LogP contribution < -0.4 is 5.32 Å². The quantitative estimate of drug-likeness (QED) is 0.853. The lowest BCUT2D eigenvalue weighted by Gasteiger charge is -2.34. The largest absolute Gasteiger partial charge is 0.307 e. The highest BCUT2D eigenvalue weighted by Crippen LogP contribution is 2.58. The van der Waals surface area contributed by atoms with Crippen molar-refractivity contribution in [2.75, 3.05) is 0 Å². The molecular weight excluding hydrogens is 242 g/mol. The first-order valence-corrected chi connectivity index (χ1v) is 8.55. The summed E-state index contributed by atoms with van der Waals surface area (Å²) >= 11 is 0. The molecule has 108 valence electrons. The van der Waals surface area contributed by atoms with Crippen molar-refractivity contribution >= 4 is 0 Å². The molecule has 3 aliphatic rings. The van der Waals surface area contributed by atoms with Crippen LogP contribution in [-0.2, 0) is 0 Å². The van der Waals surface area contributed by atoms with Gasteiger partial charge in [0.15, 0.2) is 0 Å². The fourth-order valence-corrected chi connectivity index (χ4v) is 5.53. The molecule has 0 aromatic heterocycles. The number of aryl methyl sites for hydroxylation is 1. The van der Waals surface area contributed by atoms with Crippen LogP contribution >= 0.6 is 0 Å². The van der Waals surface area contributed by atoms with E-state index in [9.17, 15) is 0 Å². The molecule has 1 heteroatoms. The van der Waals surface area contributed by atoms with Crippen LogP contribution in [0, 0.1) is 30.6 Å².